The number of rotatable bonds is 5. The Labute approximate surface area is 189 Å². The van der Waals surface area contributed by atoms with E-state index in [0.29, 0.717) is 11.1 Å². The van der Waals surface area contributed by atoms with E-state index in [9.17, 15) is 14.7 Å². The molecule has 0 aliphatic heterocycles. The number of carbonyl (C=O) groups excluding carboxylic acids is 2. The second-order valence-corrected chi connectivity index (χ2v) is 8.17. The van der Waals surface area contributed by atoms with Crippen molar-refractivity contribution in [2.24, 2.45) is 0 Å². The first-order chi connectivity index (χ1) is 16.0. The molecule has 164 valence electrons. The van der Waals surface area contributed by atoms with Crippen LogP contribution in [0.4, 0.5) is 0 Å². The van der Waals surface area contributed by atoms with Gasteiger partial charge in [0.1, 0.15) is 6.61 Å². The van der Waals surface area contributed by atoms with Gasteiger partial charge in [0.15, 0.2) is 11.5 Å². The second kappa shape index (κ2) is 7.98. The van der Waals surface area contributed by atoms with Crippen LogP contribution in [0.3, 0.4) is 0 Å². The first-order valence-electron chi connectivity index (χ1n) is 10.6. The molecule has 0 amide bonds. The first kappa shape index (κ1) is 20.6. The van der Waals surface area contributed by atoms with E-state index in [2.05, 4.69) is 9.97 Å². The summed E-state index contributed by atoms with van der Waals surface area (Å²) in [5, 5.41) is 12.5. The number of ketones is 2. The lowest BCUT2D eigenvalue weighted by molar-refractivity contribution is -0.117. The molecule has 2 heterocycles. The van der Waals surface area contributed by atoms with Crippen LogP contribution < -0.4 is 0 Å². The number of H-pyrrole nitrogens is 2. The number of aliphatic hydroxyl groups excluding tert-OH is 1. The van der Waals surface area contributed by atoms with Crippen LogP contribution in [-0.2, 0) is 14.3 Å². The number of ether oxygens (including phenoxy) is 1. The molecule has 5 rings (SSSR count). The molecule has 1 aliphatic carbocycles. The van der Waals surface area contributed by atoms with Crippen LogP contribution >= 0.6 is 0 Å². The van der Waals surface area contributed by atoms with Crippen molar-refractivity contribution in [3.05, 3.63) is 95.2 Å². The number of carbonyl (C=O) groups is 2. The van der Waals surface area contributed by atoms with Gasteiger partial charge < -0.3 is 19.8 Å². The Hall–Kier alpha value is -4.32. The van der Waals surface area contributed by atoms with Crippen LogP contribution in [0.1, 0.15) is 25.0 Å². The number of Topliss-reactive ketones (excluding diaryl/α,β-unsaturated/α-hetero) is 2. The van der Waals surface area contributed by atoms with Crippen LogP contribution in [0.5, 0.6) is 0 Å². The molecule has 33 heavy (non-hydrogen) atoms. The van der Waals surface area contributed by atoms with Crippen molar-refractivity contribution in [3.63, 3.8) is 0 Å². The van der Waals surface area contributed by atoms with Gasteiger partial charge in [-0.1, -0.05) is 42.0 Å². The summed E-state index contributed by atoms with van der Waals surface area (Å²) in [6, 6.07) is 14.9. The molecular formula is C27H22N2O4. The second-order valence-electron chi connectivity index (χ2n) is 8.17. The molecule has 3 N–H and O–H groups in total. The fourth-order valence-corrected chi connectivity index (χ4v) is 4.15. The summed E-state index contributed by atoms with van der Waals surface area (Å²) in [6.45, 7) is 3.98. The summed E-state index contributed by atoms with van der Waals surface area (Å²) in [5.41, 5.74) is 3.60. The van der Waals surface area contributed by atoms with E-state index in [1.165, 1.54) is 0 Å². The summed E-state index contributed by atoms with van der Waals surface area (Å²) in [7, 11) is 0. The molecule has 0 saturated heterocycles. The van der Waals surface area contributed by atoms with Gasteiger partial charge in [0.05, 0.1) is 11.1 Å². The Bertz CT molecular complexity index is 1520. The van der Waals surface area contributed by atoms with E-state index in [0.717, 1.165) is 27.4 Å². The first-order valence-corrected chi connectivity index (χ1v) is 10.6. The van der Waals surface area contributed by atoms with Crippen molar-refractivity contribution in [1.29, 1.82) is 0 Å². The van der Waals surface area contributed by atoms with Crippen molar-refractivity contribution in [2.45, 2.75) is 13.8 Å². The number of aromatic amines is 2. The maximum Gasteiger partial charge on any atom is 0.232 e. The Morgan fingerprint density at radius 2 is 1.39 bits per heavy atom. The third-order valence-corrected chi connectivity index (χ3v) is 5.78. The number of hydrogen-bond donors (Lipinski definition) is 3. The van der Waals surface area contributed by atoms with Gasteiger partial charge in [-0.25, -0.2) is 0 Å². The Kier molecular flexibility index (Phi) is 4.98. The number of hydrogen-bond acceptors (Lipinski definition) is 4. The van der Waals surface area contributed by atoms with E-state index in [1.807, 2.05) is 68.5 Å². The topological polar surface area (TPSA) is 95.2 Å². The SMILES string of the molecule is CC(C)=CCOC1=C(c2c[nH]c3ccccc23)C(=O)C(O)=C(c2c[nH]c3ccccc23)C1=O. The van der Waals surface area contributed by atoms with Gasteiger partial charge in [0.25, 0.3) is 0 Å². The number of para-hydroxylation sites is 2. The normalized spacial score (nSPS) is 14.5. The van der Waals surface area contributed by atoms with Gasteiger partial charge in [0, 0.05) is 45.3 Å². The van der Waals surface area contributed by atoms with Gasteiger partial charge in [-0.15, -0.1) is 0 Å². The molecular weight excluding hydrogens is 416 g/mol. The third-order valence-electron chi connectivity index (χ3n) is 5.78. The average Bonchev–Trinajstić information content (AvgIpc) is 3.42. The molecule has 6 nitrogen and oxygen atoms in total. The number of aromatic nitrogens is 2. The highest BCUT2D eigenvalue weighted by atomic mass is 16.5. The van der Waals surface area contributed by atoms with E-state index in [4.69, 9.17) is 4.74 Å². The highest BCUT2D eigenvalue weighted by molar-refractivity contribution is 6.48. The summed E-state index contributed by atoms with van der Waals surface area (Å²) in [4.78, 5) is 33.5. The van der Waals surface area contributed by atoms with E-state index in [1.54, 1.807) is 12.4 Å². The van der Waals surface area contributed by atoms with Crippen LogP contribution in [0.2, 0.25) is 0 Å². The molecule has 0 spiro atoms. The molecule has 0 bridgehead atoms. The number of fused-ring (bicyclic) bond motifs is 2. The van der Waals surface area contributed by atoms with Gasteiger partial charge >= 0.3 is 0 Å². The highest BCUT2D eigenvalue weighted by Gasteiger charge is 2.39. The van der Waals surface area contributed by atoms with Crippen molar-refractivity contribution in [3.8, 4) is 0 Å². The summed E-state index contributed by atoms with van der Waals surface area (Å²) in [6.07, 6.45) is 5.13. The molecule has 0 atom stereocenters. The van der Waals surface area contributed by atoms with Crippen LogP contribution in [0.25, 0.3) is 33.0 Å². The summed E-state index contributed by atoms with van der Waals surface area (Å²) in [5.74, 6) is -1.83. The van der Waals surface area contributed by atoms with Crippen molar-refractivity contribution < 1.29 is 19.4 Å². The lowest BCUT2D eigenvalue weighted by Gasteiger charge is -2.21. The largest absolute Gasteiger partial charge is 0.504 e. The smallest absolute Gasteiger partial charge is 0.232 e. The molecule has 2 aromatic carbocycles. The molecule has 0 unspecified atom stereocenters. The Morgan fingerprint density at radius 1 is 0.848 bits per heavy atom. The van der Waals surface area contributed by atoms with E-state index in [-0.39, 0.29) is 23.5 Å². The molecule has 0 saturated carbocycles. The lowest BCUT2D eigenvalue weighted by Crippen LogP contribution is -2.24. The van der Waals surface area contributed by atoms with E-state index >= 15 is 0 Å². The molecule has 0 fully saturated rings. The van der Waals surface area contributed by atoms with Crippen LogP contribution in [-0.4, -0.2) is 33.2 Å². The summed E-state index contributed by atoms with van der Waals surface area (Å²) < 4.78 is 5.91. The number of aliphatic hydroxyl groups is 1. The predicted octanol–water partition coefficient (Wildman–Crippen LogP) is 5.46. The van der Waals surface area contributed by atoms with Gasteiger partial charge in [0.2, 0.25) is 11.6 Å². The third kappa shape index (κ3) is 3.36. The van der Waals surface area contributed by atoms with E-state index < -0.39 is 17.3 Å². The van der Waals surface area contributed by atoms with Gasteiger partial charge in [-0.2, -0.15) is 0 Å². The standard InChI is InChI=1S/C27H22N2O4/c1-15(2)11-12-33-27-23(19-14-29-21-10-6-4-8-17(19)21)25(31)24(30)22(26(27)32)18-13-28-20-9-5-3-7-16(18)20/h3-11,13-14,28-30H,12H2,1-2H3. The predicted molar refractivity (Wildman–Crippen MR) is 128 cm³/mol. The quantitative estimate of drug-likeness (QED) is 0.285. The minimum absolute atomic E-state index is 0.0562. The monoisotopic (exact) mass is 438 g/mol. The fourth-order valence-electron chi connectivity index (χ4n) is 4.15. The minimum atomic E-state index is -0.646. The maximum absolute atomic E-state index is 13.7. The van der Waals surface area contributed by atoms with Crippen LogP contribution in [0, 0.1) is 0 Å². The molecule has 4 aromatic rings. The lowest BCUT2D eigenvalue weighted by atomic mass is 9.86. The maximum atomic E-state index is 13.7. The van der Waals surface area contributed by atoms with Gasteiger partial charge in [-0.05, 0) is 32.1 Å². The van der Waals surface area contributed by atoms with Crippen molar-refractivity contribution in [2.75, 3.05) is 6.61 Å². The zero-order valence-corrected chi connectivity index (χ0v) is 18.2. The number of nitrogens with one attached hydrogen (secondary N) is 2. The Morgan fingerprint density at radius 3 is 1.97 bits per heavy atom. The average molecular weight is 438 g/mol. The van der Waals surface area contributed by atoms with Crippen molar-refractivity contribution >= 4 is 44.5 Å². The minimum Gasteiger partial charge on any atom is -0.504 e. The summed E-state index contributed by atoms with van der Waals surface area (Å²) >= 11 is 0. The number of allylic oxidation sites excluding steroid dienone is 3. The highest BCUT2D eigenvalue weighted by Crippen LogP contribution is 2.39. The molecule has 6 heteroatoms. The number of benzene rings is 2. The molecule has 1 aliphatic rings. The Balaban J connectivity index is 1.71. The van der Waals surface area contributed by atoms with Crippen molar-refractivity contribution in [1.82, 2.24) is 9.97 Å². The molecule has 0 radical (unpaired) electrons. The zero-order valence-electron chi connectivity index (χ0n) is 18.2. The fraction of sp³-hybridized carbons (Fsp3) is 0.111. The zero-order chi connectivity index (χ0) is 23.1. The van der Waals surface area contributed by atoms with Gasteiger partial charge in [-0.3, -0.25) is 9.59 Å². The van der Waals surface area contributed by atoms with Crippen LogP contribution in [0.15, 0.2) is 84.1 Å². The molecule has 2 aromatic heterocycles.